The number of aliphatic hydroxyl groups excluding tert-OH is 1. The first kappa shape index (κ1) is 8.83. The van der Waals surface area contributed by atoms with Crippen LogP contribution in [0.5, 0.6) is 0 Å². The van der Waals surface area contributed by atoms with E-state index in [0.717, 1.165) is 11.3 Å². The summed E-state index contributed by atoms with van der Waals surface area (Å²) < 4.78 is 1.52. The van der Waals surface area contributed by atoms with Crippen molar-refractivity contribution in [3.8, 4) is 5.69 Å². The van der Waals surface area contributed by atoms with E-state index in [-0.39, 0.29) is 6.61 Å². The summed E-state index contributed by atoms with van der Waals surface area (Å²) in [5.74, 6) is 0.440. The molecule has 0 aliphatic carbocycles. The molecule has 5 nitrogen and oxygen atoms in total. The number of hydrogen-bond acceptors (Lipinski definition) is 4. The van der Waals surface area contributed by atoms with E-state index in [2.05, 4.69) is 15.5 Å². The van der Waals surface area contributed by atoms with Gasteiger partial charge >= 0.3 is 0 Å². The zero-order chi connectivity index (χ0) is 9.97. The number of aliphatic hydroxyl groups is 1. The Morgan fingerprint density at radius 3 is 3.00 bits per heavy atom. The number of aromatic nitrogens is 4. The van der Waals surface area contributed by atoms with Gasteiger partial charge in [0.25, 0.3) is 0 Å². The summed E-state index contributed by atoms with van der Waals surface area (Å²) in [6.45, 7) is 1.83. The van der Waals surface area contributed by atoms with Crippen LogP contribution in [0, 0.1) is 6.92 Å². The van der Waals surface area contributed by atoms with E-state index in [1.165, 1.54) is 4.68 Å². The molecule has 2 aromatic rings. The van der Waals surface area contributed by atoms with E-state index in [4.69, 9.17) is 5.11 Å². The largest absolute Gasteiger partial charge is 0.388 e. The van der Waals surface area contributed by atoms with Gasteiger partial charge in [-0.2, -0.15) is 4.68 Å². The molecule has 1 aromatic heterocycles. The average molecular weight is 190 g/mol. The Balaban J connectivity index is 2.49. The SMILES string of the molecule is Cc1cccc(-n2nnnc2CO)c1. The van der Waals surface area contributed by atoms with Crippen molar-refractivity contribution in [2.45, 2.75) is 13.5 Å². The topological polar surface area (TPSA) is 63.8 Å². The lowest BCUT2D eigenvalue weighted by Gasteiger charge is -2.02. The summed E-state index contributed by atoms with van der Waals surface area (Å²) >= 11 is 0. The molecule has 0 saturated heterocycles. The zero-order valence-electron chi connectivity index (χ0n) is 7.75. The molecule has 2 rings (SSSR count). The molecule has 0 unspecified atom stereocenters. The van der Waals surface area contributed by atoms with Gasteiger partial charge in [-0.1, -0.05) is 12.1 Å². The van der Waals surface area contributed by atoms with Crippen molar-refractivity contribution < 1.29 is 5.11 Å². The Bertz CT molecular complexity index is 438. The van der Waals surface area contributed by atoms with Gasteiger partial charge < -0.3 is 5.11 Å². The van der Waals surface area contributed by atoms with E-state index in [0.29, 0.717) is 5.82 Å². The molecule has 0 spiro atoms. The molecule has 1 aromatic carbocycles. The second-order valence-electron chi connectivity index (χ2n) is 3.00. The summed E-state index contributed by atoms with van der Waals surface area (Å²) in [6.07, 6.45) is 0. The maximum Gasteiger partial charge on any atom is 0.182 e. The minimum Gasteiger partial charge on any atom is -0.388 e. The van der Waals surface area contributed by atoms with Gasteiger partial charge in [0.2, 0.25) is 0 Å². The minimum absolute atomic E-state index is 0.166. The lowest BCUT2D eigenvalue weighted by molar-refractivity contribution is 0.268. The van der Waals surface area contributed by atoms with Gasteiger partial charge in [0.1, 0.15) is 6.61 Å². The highest BCUT2D eigenvalue weighted by molar-refractivity contribution is 5.34. The van der Waals surface area contributed by atoms with Crippen molar-refractivity contribution in [3.63, 3.8) is 0 Å². The summed E-state index contributed by atoms with van der Waals surface area (Å²) in [5, 5.41) is 20.0. The van der Waals surface area contributed by atoms with Crippen molar-refractivity contribution >= 4 is 0 Å². The van der Waals surface area contributed by atoms with Crippen LogP contribution in [0.1, 0.15) is 11.4 Å². The van der Waals surface area contributed by atoms with Gasteiger partial charge in [0, 0.05) is 0 Å². The molecule has 5 heteroatoms. The standard InChI is InChI=1S/C9H10N4O/c1-7-3-2-4-8(5-7)13-9(6-14)10-11-12-13/h2-5,14H,6H2,1H3. The second kappa shape index (κ2) is 3.55. The molecular formula is C9H10N4O. The molecule has 1 N–H and O–H groups in total. The Morgan fingerprint density at radius 1 is 1.43 bits per heavy atom. The molecule has 0 fully saturated rings. The molecule has 72 valence electrons. The Labute approximate surface area is 81.0 Å². The number of aryl methyl sites for hydroxylation is 1. The number of rotatable bonds is 2. The molecule has 0 atom stereocenters. The highest BCUT2D eigenvalue weighted by atomic mass is 16.3. The number of benzene rings is 1. The monoisotopic (exact) mass is 190 g/mol. The fourth-order valence-corrected chi connectivity index (χ4v) is 1.26. The van der Waals surface area contributed by atoms with Crippen LogP contribution >= 0.6 is 0 Å². The van der Waals surface area contributed by atoms with Crippen LogP contribution in [0.25, 0.3) is 5.69 Å². The Kier molecular flexibility index (Phi) is 2.24. The Morgan fingerprint density at radius 2 is 2.29 bits per heavy atom. The van der Waals surface area contributed by atoms with Crippen LogP contribution in [0.2, 0.25) is 0 Å². The molecule has 0 amide bonds. The maximum atomic E-state index is 8.97. The first-order chi connectivity index (χ1) is 6.81. The van der Waals surface area contributed by atoms with Crippen molar-refractivity contribution in [1.82, 2.24) is 20.2 Å². The smallest absolute Gasteiger partial charge is 0.182 e. The maximum absolute atomic E-state index is 8.97. The van der Waals surface area contributed by atoms with E-state index in [1.54, 1.807) is 0 Å². The van der Waals surface area contributed by atoms with Crippen LogP contribution in [0.3, 0.4) is 0 Å². The third-order valence-corrected chi connectivity index (χ3v) is 1.92. The molecule has 0 aliphatic rings. The van der Waals surface area contributed by atoms with Crippen LogP contribution in [0.15, 0.2) is 24.3 Å². The zero-order valence-corrected chi connectivity index (χ0v) is 7.75. The number of tetrazole rings is 1. The molecule has 0 radical (unpaired) electrons. The quantitative estimate of drug-likeness (QED) is 0.747. The predicted octanol–water partition coefficient (Wildman–Crippen LogP) is 0.463. The molecule has 1 heterocycles. The molecule has 0 aliphatic heterocycles. The summed E-state index contributed by atoms with van der Waals surface area (Å²) in [6, 6.07) is 7.76. The van der Waals surface area contributed by atoms with Gasteiger partial charge in [-0.15, -0.1) is 5.10 Å². The fraction of sp³-hybridized carbons (Fsp3) is 0.222. The molecular weight excluding hydrogens is 180 g/mol. The average Bonchev–Trinajstić information content (AvgIpc) is 2.65. The third kappa shape index (κ3) is 1.49. The van der Waals surface area contributed by atoms with Crippen molar-refractivity contribution in [2.75, 3.05) is 0 Å². The van der Waals surface area contributed by atoms with Crippen molar-refractivity contribution in [3.05, 3.63) is 35.7 Å². The van der Waals surface area contributed by atoms with Crippen LogP contribution < -0.4 is 0 Å². The van der Waals surface area contributed by atoms with E-state index < -0.39 is 0 Å². The lowest BCUT2D eigenvalue weighted by Crippen LogP contribution is -2.02. The van der Waals surface area contributed by atoms with Gasteiger partial charge in [-0.3, -0.25) is 0 Å². The first-order valence-electron chi connectivity index (χ1n) is 4.26. The van der Waals surface area contributed by atoms with Crippen molar-refractivity contribution in [2.24, 2.45) is 0 Å². The summed E-state index contributed by atoms with van der Waals surface area (Å²) in [4.78, 5) is 0. The third-order valence-electron chi connectivity index (χ3n) is 1.92. The highest BCUT2D eigenvalue weighted by Crippen LogP contribution is 2.09. The van der Waals surface area contributed by atoms with Gasteiger partial charge in [0.15, 0.2) is 5.82 Å². The molecule has 14 heavy (non-hydrogen) atoms. The summed E-state index contributed by atoms with van der Waals surface area (Å²) in [7, 11) is 0. The second-order valence-corrected chi connectivity index (χ2v) is 3.00. The molecule has 0 saturated carbocycles. The van der Waals surface area contributed by atoms with E-state index >= 15 is 0 Å². The van der Waals surface area contributed by atoms with E-state index in [1.807, 2.05) is 31.2 Å². The normalized spacial score (nSPS) is 10.4. The number of nitrogens with zero attached hydrogens (tertiary/aromatic N) is 4. The fourth-order valence-electron chi connectivity index (χ4n) is 1.26. The predicted molar refractivity (Wildman–Crippen MR) is 49.8 cm³/mol. The van der Waals surface area contributed by atoms with Crippen molar-refractivity contribution in [1.29, 1.82) is 0 Å². The minimum atomic E-state index is -0.166. The van der Waals surface area contributed by atoms with Crippen LogP contribution in [0.4, 0.5) is 0 Å². The lowest BCUT2D eigenvalue weighted by atomic mass is 10.2. The van der Waals surface area contributed by atoms with Crippen LogP contribution in [-0.2, 0) is 6.61 Å². The summed E-state index contributed by atoms with van der Waals surface area (Å²) in [5.41, 5.74) is 1.99. The van der Waals surface area contributed by atoms with Gasteiger partial charge in [0.05, 0.1) is 5.69 Å². The van der Waals surface area contributed by atoms with Gasteiger partial charge in [-0.05, 0) is 35.0 Å². The van der Waals surface area contributed by atoms with E-state index in [9.17, 15) is 0 Å². The highest BCUT2D eigenvalue weighted by Gasteiger charge is 2.05. The van der Waals surface area contributed by atoms with Gasteiger partial charge in [-0.25, -0.2) is 0 Å². The van der Waals surface area contributed by atoms with Crippen LogP contribution in [-0.4, -0.2) is 25.3 Å². The number of hydrogen-bond donors (Lipinski definition) is 1. The molecule has 0 bridgehead atoms. The Hall–Kier alpha value is -1.75. The first-order valence-corrected chi connectivity index (χ1v) is 4.26.